The molecule has 0 radical (unpaired) electrons. The van der Waals surface area contributed by atoms with E-state index in [2.05, 4.69) is 26.2 Å². The van der Waals surface area contributed by atoms with Crippen molar-refractivity contribution in [1.82, 2.24) is 10.3 Å². The Hall–Kier alpha value is -1.88. The van der Waals surface area contributed by atoms with Crippen LogP contribution in [0.2, 0.25) is 0 Å². The van der Waals surface area contributed by atoms with Gasteiger partial charge in [-0.25, -0.2) is 4.98 Å². The number of hydrogen-bond acceptors (Lipinski definition) is 3. The van der Waals surface area contributed by atoms with Gasteiger partial charge in [0.05, 0.1) is 0 Å². The Labute approximate surface area is 119 Å². The molecule has 1 heterocycles. The van der Waals surface area contributed by atoms with Gasteiger partial charge in [-0.1, -0.05) is 30.3 Å². The van der Waals surface area contributed by atoms with Crippen molar-refractivity contribution < 1.29 is 9.53 Å². The zero-order chi connectivity index (χ0) is 13.7. The number of hydrogen-bond donors (Lipinski definition) is 1. The van der Waals surface area contributed by atoms with Crippen LogP contribution < -0.4 is 10.1 Å². The van der Waals surface area contributed by atoms with E-state index in [1.54, 1.807) is 19.3 Å². The molecule has 0 unspecified atom stereocenters. The van der Waals surface area contributed by atoms with Crippen molar-refractivity contribution in [3.05, 3.63) is 58.2 Å². The first-order valence-electron chi connectivity index (χ1n) is 5.75. The van der Waals surface area contributed by atoms with Crippen LogP contribution >= 0.6 is 15.9 Å². The lowest BCUT2D eigenvalue weighted by molar-refractivity contribution is 0.0957. The van der Waals surface area contributed by atoms with Crippen molar-refractivity contribution in [2.75, 3.05) is 7.05 Å². The molecule has 0 spiro atoms. The number of carbonyl (C=O) groups is 1. The Morgan fingerprint density at radius 2 is 2.11 bits per heavy atom. The number of halogens is 1. The number of amides is 1. The predicted octanol–water partition coefficient (Wildman–Crippen LogP) is 2.78. The lowest BCUT2D eigenvalue weighted by Gasteiger charge is -2.09. The number of carbonyl (C=O) groups excluding carboxylic acids is 1. The Bertz CT molecular complexity index is 573. The molecule has 0 bridgehead atoms. The van der Waals surface area contributed by atoms with Crippen molar-refractivity contribution in [3.63, 3.8) is 0 Å². The number of nitrogens with zero attached hydrogens (tertiary/aromatic N) is 1. The molecule has 2 aromatic rings. The monoisotopic (exact) mass is 320 g/mol. The molecule has 1 amide bonds. The number of ether oxygens (including phenoxy) is 1. The van der Waals surface area contributed by atoms with E-state index in [9.17, 15) is 4.79 Å². The third-order valence-corrected chi connectivity index (χ3v) is 2.94. The highest BCUT2D eigenvalue weighted by Crippen LogP contribution is 2.20. The molecule has 0 aliphatic heterocycles. The van der Waals surface area contributed by atoms with E-state index >= 15 is 0 Å². The molecule has 0 fully saturated rings. The highest BCUT2D eigenvalue weighted by atomic mass is 79.9. The third kappa shape index (κ3) is 3.54. The number of aromatic nitrogens is 1. The molecular weight excluding hydrogens is 308 g/mol. The molecular formula is C14H13BrN2O2. The number of benzene rings is 1. The summed E-state index contributed by atoms with van der Waals surface area (Å²) < 4.78 is 6.34. The van der Waals surface area contributed by atoms with Gasteiger partial charge < -0.3 is 10.1 Å². The fraction of sp³-hybridized carbons (Fsp3) is 0.143. The first kappa shape index (κ1) is 13.5. The van der Waals surface area contributed by atoms with Crippen molar-refractivity contribution in [2.24, 2.45) is 0 Å². The van der Waals surface area contributed by atoms with E-state index in [0.717, 1.165) is 10.0 Å². The largest absolute Gasteiger partial charge is 0.472 e. The maximum atomic E-state index is 11.7. The maximum Gasteiger partial charge on any atom is 0.256 e. The predicted molar refractivity (Wildman–Crippen MR) is 76.1 cm³/mol. The van der Waals surface area contributed by atoms with Crippen LogP contribution in [0.1, 0.15) is 15.9 Å². The maximum absolute atomic E-state index is 11.7. The third-order valence-electron chi connectivity index (χ3n) is 2.51. The quantitative estimate of drug-likeness (QED) is 0.942. The fourth-order valence-electron chi connectivity index (χ4n) is 1.57. The summed E-state index contributed by atoms with van der Waals surface area (Å²) in [6, 6.07) is 11.4. The number of nitrogens with one attached hydrogen (secondary N) is 1. The van der Waals surface area contributed by atoms with Crippen LogP contribution in [0.3, 0.4) is 0 Å². The molecule has 1 aromatic carbocycles. The first-order valence-corrected chi connectivity index (χ1v) is 6.54. The van der Waals surface area contributed by atoms with E-state index < -0.39 is 0 Å². The first-order chi connectivity index (χ1) is 9.20. The van der Waals surface area contributed by atoms with Gasteiger partial charge in [0.25, 0.3) is 5.91 Å². The molecule has 2 rings (SSSR count). The Balaban J connectivity index is 2.18. The summed E-state index contributed by atoms with van der Waals surface area (Å²) in [5, 5.41) is 2.57. The zero-order valence-electron chi connectivity index (χ0n) is 10.4. The summed E-state index contributed by atoms with van der Waals surface area (Å²) in [6.07, 6.45) is 1.60. The number of rotatable bonds is 4. The van der Waals surface area contributed by atoms with Gasteiger partial charge in [-0.2, -0.15) is 0 Å². The molecule has 0 saturated carbocycles. The van der Waals surface area contributed by atoms with E-state index in [0.29, 0.717) is 18.1 Å². The highest BCUT2D eigenvalue weighted by molar-refractivity contribution is 9.10. The van der Waals surface area contributed by atoms with E-state index in [-0.39, 0.29) is 5.91 Å². The van der Waals surface area contributed by atoms with Gasteiger partial charge in [-0.05, 0) is 27.6 Å². The molecule has 1 N–H and O–H groups in total. The van der Waals surface area contributed by atoms with Crippen LogP contribution in [0.5, 0.6) is 5.88 Å². The zero-order valence-corrected chi connectivity index (χ0v) is 12.0. The van der Waals surface area contributed by atoms with Crippen LogP contribution in [-0.4, -0.2) is 17.9 Å². The average Bonchev–Trinajstić information content (AvgIpc) is 2.46. The van der Waals surface area contributed by atoms with Gasteiger partial charge in [0.2, 0.25) is 5.88 Å². The smallest absolute Gasteiger partial charge is 0.256 e. The lowest BCUT2D eigenvalue weighted by Crippen LogP contribution is -2.19. The van der Waals surface area contributed by atoms with Gasteiger partial charge in [0.15, 0.2) is 0 Å². The summed E-state index contributed by atoms with van der Waals surface area (Å²) in [7, 11) is 1.57. The minimum Gasteiger partial charge on any atom is -0.472 e. The summed E-state index contributed by atoms with van der Waals surface area (Å²) in [6.45, 7) is 0.374. The van der Waals surface area contributed by atoms with Crippen LogP contribution in [0.15, 0.2) is 47.1 Å². The summed E-state index contributed by atoms with van der Waals surface area (Å²) in [5.41, 5.74) is 1.43. The topological polar surface area (TPSA) is 51.2 Å². The van der Waals surface area contributed by atoms with E-state index in [4.69, 9.17) is 4.74 Å². The second-order valence-electron chi connectivity index (χ2n) is 3.86. The van der Waals surface area contributed by atoms with Crippen molar-refractivity contribution in [3.8, 4) is 5.88 Å². The van der Waals surface area contributed by atoms with Crippen molar-refractivity contribution >= 4 is 21.8 Å². The van der Waals surface area contributed by atoms with Crippen LogP contribution in [-0.2, 0) is 6.61 Å². The van der Waals surface area contributed by atoms with E-state index in [1.165, 1.54) is 0 Å². The minimum absolute atomic E-state index is 0.225. The Morgan fingerprint density at radius 3 is 2.79 bits per heavy atom. The van der Waals surface area contributed by atoms with Crippen LogP contribution in [0, 0.1) is 0 Å². The fourth-order valence-corrected chi connectivity index (χ4v) is 1.90. The number of pyridine rings is 1. The summed E-state index contributed by atoms with van der Waals surface area (Å²) in [5.74, 6) is 0.100. The normalized spacial score (nSPS) is 10.0. The molecule has 0 aliphatic rings. The molecule has 4 nitrogen and oxygen atoms in total. The molecule has 98 valence electrons. The van der Waals surface area contributed by atoms with Crippen LogP contribution in [0.4, 0.5) is 0 Å². The lowest BCUT2D eigenvalue weighted by atomic mass is 10.2. The Kier molecular flexibility index (Phi) is 4.52. The molecule has 19 heavy (non-hydrogen) atoms. The second-order valence-corrected chi connectivity index (χ2v) is 4.78. The standard InChI is InChI=1S/C14H13BrN2O2/c1-16-13(18)12-7-11(15)8-17-14(12)19-9-10-5-3-2-4-6-10/h2-8H,9H2,1H3,(H,16,18). The highest BCUT2D eigenvalue weighted by Gasteiger charge is 2.13. The molecule has 0 saturated heterocycles. The van der Waals surface area contributed by atoms with Gasteiger partial charge >= 0.3 is 0 Å². The van der Waals surface area contributed by atoms with Gasteiger partial charge in [-0.3, -0.25) is 4.79 Å². The van der Waals surface area contributed by atoms with E-state index in [1.807, 2.05) is 30.3 Å². The minimum atomic E-state index is -0.225. The summed E-state index contributed by atoms with van der Waals surface area (Å²) >= 11 is 3.29. The van der Waals surface area contributed by atoms with Gasteiger partial charge in [-0.15, -0.1) is 0 Å². The molecule has 5 heteroatoms. The summed E-state index contributed by atoms with van der Waals surface area (Å²) in [4.78, 5) is 15.9. The average molecular weight is 321 g/mol. The van der Waals surface area contributed by atoms with Crippen molar-refractivity contribution in [2.45, 2.75) is 6.61 Å². The van der Waals surface area contributed by atoms with Gasteiger partial charge in [0.1, 0.15) is 12.2 Å². The Morgan fingerprint density at radius 1 is 1.37 bits per heavy atom. The van der Waals surface area contributed by atoms with Gasteiger partial charge in [0, 0.05) is 17.7 Å². The van der Waals surface area contributed by atoms with Crippen molar-refractivity contribution in [1.29, 1.82) is 0 Å². The molecule has 0 aliphatic carbocycles. The second kappa shape index (κ2) is 6.33. The SMILES string of the molecule is CNC(=O)c1cc(Br)cnc1OCc1ccccc1. The molecule has 0 atom stereocenters. The molecule has 1 aromatic heterocycles. The van der Waals surface area contributed by atoms with Crippen LogP contribution in [0.25, 0.3) is 0 Å².